The predicted molar refractivity (Wildman–Crippen MR) is 112 cm³/mol. The van der Waals surface area contributed by atoms with Gasteiger partial charge in [0.25, 0.3) is 5.91 Å². The second kappa shape index (κ2) is 8.15. The van der Waals surface area contributed by atoms with Gasteiger partial charge in [0.05, 0.1) is 23.4 Å². The number of benzene rings is 1. The number of fused-ring (bicyclic) bond motifs is 1. The summed E-state index contributed by atoms with van der Waals surface area (Å²) in [4.78, 5) is 21.1. The minimum Gasteiger partial charge on any atom is -0.443 e. The van der Waals surface area contributed by atoms with E-state index in [4.69, 9.17) is 4.42 Å². The second-order valence-corrected chi connectivity index (χ2v) is 7.53. The third kappa shape index (κ3) is 4.53. The smallest absolute Gasteiger partial charge is 0.255 e. The van der Waals surface area contributed by atoms with Gasteiger partial charge in [-0.1, -0.05) is 0 Å². The van der Waals surface area contributed by atoms with Crippen LogP contribution in [0.25, 0.3) is 16.9 Å². The van der Waals surface area contributed by atoms with Crippen molar-refractivity contribution in [1.82, 2.24) is 25.1 Å². The number of carbonyl (C=O) groups excluding carboxylic acids is 1. The first-order valence-electron chi connectivity index (χ1n) is 9.56. The van der Waals surface area contributed by atoms with Crippen LogP contribution in [0.5, 0.6) is 0 Å². The standard InChI is InChI=1S/C21H21FN6O3/c1-21(2,30)18(22)11-24-20(29)14-10-23-19(28-7-3-6-26-28)9-16(14)27-13-4-5-15-17(8-13)31-12-25-15/h3-10,12,18,30H,11H2,1-2H3,(H,23,27)(H,24,29)/t18-/m1/s1. The molecule has 3 aromatic heterocycles. The van der Waals surface area contributed by atoms with Crippen molar-refractivity contribution < 1.29 is 18.7 Å². The van der Waals surface area contributed by atoms with Gasteiger partial charge in [-0.3, -0.25) is 4.79 Å². The molecule has 0 spiro atoms. The molecule has 0 aliphatic heterocycles. The summed E-state index contributed by atoms with van der Waals surface area (Å²) in [7, 11) is 0. The van der Waals surface area contributed by atoms with E-state index in [1.54, 1.807) is 47.4 Å². The molecule has 0 saturated carbocycles. The summed E-state index contributed by atoms with van der Waals surface area (Å²) in [6, 6.07) is 8.75. The van der Waals surface area contributed by atoms with Crippen molar-refractivity contribution in [2.24, 2.45) is 0 Å². The number of anilines is 2. The first-order valence-corrected chi connectivity index (χ1v) is 9.56. The van der Waals surface area contributed by atoms with Gasteiger partial charge in [0, 0.05) is 36.4 Å². The maximum absolute atomic E-state index is 14.1. The first kappa shape index (κ1) is 20.5. The lowest BCUT2D eigenvalue weighted by Gasteiger charge is -2.22. The normalized spacial score (nSPS) is 12.6. The van der Waals surface area contributed by atoms with Gasteiger partial charge >= 0.3 is 0 Å². The number of amides is 1. The van der Waals surface area contributed by atoms with Gasteiger partial charge in [-0.15, -0.1) is 0 Å². The zero-order valence-corrected chi connectivity index (χ0v) is 16.9. The average molecular weight is 424 g/mol. The number of nitrogens with zero attached hydrogens (tertiary/aromatic N) is 4. The average Bonchev–Trinajstić information content (AvgIpc) is 3.42. The number of halogens is 1. The summed E-state index contributed by atoms with van der Waals surface area (Å²) < 4.78 is 21.0. The molecule has 1 atom stereocenters. The predicted octanol–water partition coefficient (Wildman–Crippen LogP) is 2.99. The molecular weight excluding hydrogens is 403 g/mol. The van der Waals surface area contributed by atoms with Crippen LogP contribution in [-0.4, -0.2) is 49.1 Å². The lowest BCUT2D eigenvalue weighted by Crippen LogP contribution is -2.42. The minimum absolute atomic E-state index is 0.205. The topological polar surface area (TPSA) is 118 Å². The number of alkyl halides is 1. The number of nitrogens with one attached hydrogen (secondary N) is 2. The lowest BCUT2D eigenvalue weighted by atomic mass is 10.0. The summed E-state index contributed by atoms with van der Waals surface area (Å²) in [5.74, 6) is -0.0423. The molecule has 4 aromatic rings. The fourth-order valence-electron chi connectivity index (χ4n) is 2.87. The van der Waals surface area contributed by atoms with Crippen LogP contribution >= 0.6 is 0 Å². The number of rotatable bonds is 7. The van der Waals surface area contributed by atoms with Crippen LogP contribution in [0, 0.1) is 0 Å². The Morgan fingerprint density at radius 2 is 2.16 bits per heavy atom. The highest BCUT2D eigenvalue weighted by Crippen LogP contribution is 2.25. The highest BCUT2D eigenvalue weighted by Gasteiger charge is 2.27. The maximum Gasteiger partial charge on any atom is 0.255 e. The van der Waals surface area contributed by atoms with Crippen molar-refractivity contribution in [3.63, 3.8) is 0 Å². The van der Waals surface area contributed by atoms with Gasteiger partial charge in [0.2, 0.25) is 0 Å². The van der Waals surface area contributed by atoms with Crippen LogP contribution < -0.4 is 10.6 Å². The fraction of sp³-hybridized carbons (Fsp3) is 0.238. The number of hydrogen-bond acceptors (Lipinski definition) is 7. The molecular formula is C21H21FN6O3. The van der Waals surface area contributed by atoms with Gasteiger partial charge < -0.3 is 20.2 Å². The summed E-state index contributed by atoms with van der Waals surface area (Å²) >= 11 is 0. The summed E-state index contributed by atoms with van der Waals surface area (Å²) in [5.41, 5.74) is 1.03. The number of carbonyl (C=O) groups is 1. The van der Waals surface area contributed by atoms with Crippen LogP contribution in [0.1, 0.15) is 24.2 Å². The molecule has 10 heteroatoms. The fourth-order valence-corrected chi connectivity index (χ4v) is 2.87. The Morgan fingerprint density at radius 1 is 1.32 bits per heavy atom. The zero-order valence-electron chi connectivity index (χ0n) is 16.9. The third-order valence-corrected chi connectivity index (χ3v) is 4.69. The van der Waals surface area contributed by atoms with Crippen molar-refractivity contribution in [2.45, 2.75) is 25.6 Å². The molecule has 0 radical (unpaired) electrons. The molecule has 0 unspecified atom stereocenters. The summed E-state index contributed by atoms with van der Waals surface area (Å²) in [6.07, 6.45) is 4.46. The quantitative estimate of drug-likeness (QED) is 0.417. The Kier molecular flexibility index (Phi) is 5.38. The van der Waals surface area contributed by atoms with Crippen molar-refractivity contribution in [1.29, 1.82) is 0 Å². The van der Waals surface area contributed by atoms with E-state index in [1.807, 2.05) is 0 Å². The Hall–Kier alpha value is -3.79. The number of oxazole rings is 1. The second-order valence-electron chi connectivity index (χ2n) is 7.53. The molecule has 0 bridgehead atoms. The van der Waals surface area contributed by atoms with Gasteiger partial charge in [-0.2, -0.15) is 5.10 Å². The van der Waals surface area contributed by atoms with Crippen molar-refractivity contribution in [3.8, 4) is 5.82 Å². The minimum atomic E-state index is -1.63. The van der Waals surface area contributed by atoms with Gasteiger partial charge in [-0.05, 0) is 32.0 Å². The van der Waals surface area contributed by atoms with E-state index in [0.717, 1.165) is 0 Å². The number of hydrogen-bond donors (Lipinski definition) is 3. The molecule has 3 heterocycles. The van der Waals surface area contributed by atoms with Crippen LogP contribution in [-0.2, 0) is 0 Å². The Balaban J connectivity index is 1.64. The van der Waals surface area contributed by atoms with Crippen LogP contribution in [0.3, 0.4) is 0 Å². The molecule has 0 aliphatic carbocycles. The van der Waals surface area contributed by atoms with Crippen LogP contribution in [0.15, 0.2) is 59.7 Å². The van der Waals surface area contributed by atoms with Gasteiger partial charge in [0.15, 0.2) is 17.8 Å². The van der Waals surface area contributed by atoms with Crippen LogP contribution in [0.4, 0.5) is 15.8 Å². The molecule has 0 saturated heterocycles. The zero-order chi connectivity index (χ0) is 22.0. The summed E-state index contributed by atoms with van der Waals surface area (Å²) in [5, 5.41) is 19.6. The molecule has 3 N–H and O–H groups in total. The molecule has 9 nitrogen and oxygen atoms in total. The van der Waals surface area contributed by atoms with Crippen molar-refractivity contribution in [3.05, 3.63) is 60.9 Å². The van der Waals surface area contributed by atoms with E-state index in [9.17, 15) is 14.3 Å². The van der Waals surface area contributed by atoms with Crippen LogP contribution in [0.2, 0.25) is 0 Å². The number of aliphatic hydroxyl groups is 1. The molecule has 0 aliphatic rings. The van der Waals surface area contributed by atoms with Gasteiger partial charge in [-0.25, -0.2) is 19.0 Å². The molecule has 160 valence electrons. The van der Waals surface area contributed by atoms with E-state index >= 15 is 0 Å². The van der Waals surface area contributed by atoms with Crippen molar-refractivity contribution >= 4 is 28.4 Å². The van der Waals surface area contributed by atoms with Gasteiger partial charge in [0.1, 0.15) is 11.7 Å². The highest BCUT2D eigenvalue weighted by molar-refractivity contribution is 6.00. The Bertz CT molecular complexity index is 1200. The van der Waals surface area contributed by atoms with E-state index in [-0.39, 0.29) is 12.1 Å². The molecule has 31 heavy (non-hydrogen) atoms. The first-order chi connectivity index (χ1) is 14.8. The third-order valence-electron chi connectivity index (χ3n) is 4.69. The van der Waals surface area contributed by atoms with E-state index in [1.165, 1.54) is 26.4 Å². The number of aromatic nitrogens is 4. The lowest BCUT2D eigenvalue weighted by molar-refractivity contribution is -0.00177. The SMILES string of the molecule is CC(C)(O)[C@H](F)CNC(=O)c1cnc(-n2cccn2)cc1Nc1ccc2ncoc2c1. The van der Waals surface area contributed by atoms with E-state index < -0.39 is 17.7 Å². The Morgan fingerprint density at radius 3 is 2.90 bits per heavy atom. The monoisotopic (exact) mass is 424 g/mol. The molecule has 0 fully saturated rings. The summed E-state index contributed by atoms with van der Waals surface area (Å²) in [6.45, 7) is 2.35. The van der Waals surface area contributed by atoms with E-state index in [2.05, 4.69) is 25.7 Å². The van der Waals surface area contributed by atoms with Crippen molar-refractivity contribution in [2.75, 3.05) is 11.9 Å². The number of pyridine rings is 1. The highest BCUT2D eigenvalue weighted by atomic mass is 19.1. The Labute approximate surface area is 176 Å². The van der Waals surface area contributed by atoms with E-state index in [0.29, 0.717) is 28.3 Å². The molecule has 1 aromatic carbocycles. The molecule has 4 rings (SSSR count). The molecule has 1 amide bonds. The largest absolute Gasteiger partial charge is 0.443 e. The maximum atomic E-state index is 14.1.